The molecule has 1 aliphatic rings. The predicted octanol–water partition coefficient (Wildman–Crippen LogP) is 1.28. The van der Waals surface area contributed by atoms with Crippen LogP contribution < -0.4 is 0 Å². The number of piperidine rings is 1. The summed E-state index contributed by atoms with van der Waals surface area (Å²) < 4.78 is 2.12. The normalized spacial score (nSPS) is 24.6. The molecule has 0 spiro atoms. The molecule has 2 heterocycles. The van der Waals surface area contributed by atoms with E-state index >= 15 is 0 Å². The highest BCUT2D eigenvalue weighted by molar-refractivity contribution is 7.99. The summed E-state index contributed by atoms with van der Waals surface area (Å²) in [5, 5.41) is 17.7. The molecule has 1 fully saturated rings. The first kappa shape index (κ1) is 14.3. The molecule has 0 radical (unpaired) electrons. The van der Waals surface area contributed by atoms with Crippen LogP contribution >= 0.6 is 11.8 Å². The van der Waals surface area contributed by atoms with Crippen LogP contribution in [0.15, 0.2) is 5.16 Å². The van der Waals surface area contributed by atoms with E-state index < -0.39 is 5.97 Å². The monoisotopic (exact) mass is 284 g/mol. The molecule has 1 saturated heterocycles. The van der Waals surface area contributed by atoms with Gasteiger partial charge in [0.15, 0.2) is 5.16 Å². The molecule has 19 heavy (non-hydrogen) atoms. The van der Waals surface area contributed by atoms with Crippen molar-refractivity contribution in [1.29, 1.82) is 0 Å². The summed E-state index contributed by atoms with van der Waals surface area (Å²) in [6.07, 6.45) is 1.05. The lowest BCUT2D eigenvalue weighted by Crippen LogP contribution is -2.38. The lowest BCUT2D eigenvalue weighted by Gasteiger charge is -2.36. The number of aryl methyl sites for hydroxylation is 1. The highest BCUT2D eigenvalue weighted by Crippen LogP contribution is 2.32. The van der Waals surface area contributed by atoms with Crippen LogP contribution in [0.4, 0.5) is 0 Å². The van der Waals surface area contributed by atoms with Crippen molar-refractivity contribution in [1.82, 2.24) is 19.7 Å². The molecule has 2 rings (SSSR count). The molecule has 2 atom stereocenters. The van der Waals surface area contributed by atoms with Crippen LogP contribution in [0.5, 0.6) is 0 Å². The molecular weight excluding hydrogens is 264 g/mol. The number of thioether (sulfide) groups is 1. The van der Waals surface area contributed by atoms with Crippen molar-refractivity contribution in [3.63, 3.8) is 0 Å². The molecule has 0 aromatic carbocycles. The predicted molar refractivity (Wildman–Crippen MR) is 73.4 cm³/mol. The molecule has 1 aromatic heterocycles. The van der Waals surface area contributed by atoms with E-state index in [1.54, 1.807) is 0 Å². The van der Waals surface area contributed by atoms with Crippen LogP contribution in [-0.4, -0.2) is 56.6 Å². The molecule has 0 bridgehead atoms. The first-order valence-corrected chi connectivity index (χ1v) is 7.42. The highest BCUT2D eigenvalue weighted by atomic mass is 32.2. The summed E-state index contributed by atoms with van der Waals surface area (Å²) in [4.78, 5) is 13.0. The highest BCUT2D eigenvalue weighted by Gasteiger charge is 2.29. The van der Waals surface area contributed by atoms with Gasteiger partial charge in [-0.1, -0.05) is 18.7 Å². The van der Waals surface area contributed by atoms with Crippen LogP contribution in [0.25, 0.3) is 0 Å². The average molecular weight is 284 g/mol. The van der Waals surface area contributed by atoms with Crippen molar-refractivity contribution in [2.45, 2.75) is 31.5 Å². The topological polar surface area (TPSA) is 71.2 Å². The number of hydrogen-bond acceptors (Lipinski definition) is 5. The fourth-order valence-electron chi connectivity index (χ4n) is 2.68. The standard InChI is InChI=1S/C12H20N4O2S/c1-8-6-15(3)5-4-10(8)16-9(2)13-14-12(16)19-7-11(17)18/h8,10H,4-7H2,1-3H3,(H,17,18). The Morgan fingerprint density at radius 2 is 2.26 bits per heavy atom. The van der Waals surface area contributed by atoms with Crippen molar-refractivity contribution in [3.8, 4) is 0 Å². The maximum Gasteiger partial charge on any atom is 0.313 e. The van der Waals surface area contributed by atoms with E-state index in [9.17, 15) is 4.79 Å². The summed E-state index contributed by atoms with van der Waals surface area (Å²) in [5.74, 6) is 0.583. The van der Waals surface area contributed by atoms with E-state index in [0.717, 1.165) is 30.5 Å². The Morgan fingerprint density at radius 3 is 2.89 bits per heavy atom. The third-order valence-electron chi connectivity index (χ3n) is 3.55. The number of aliphatic carboxylic acids is 1. The summed E-state index contributed by atoms with van der Waals surface area (Å²) in [5.41, 5.74) is 0. The van der Waals surface area contributed by atoms with Gasteiger partial charge in [0.1, 0.15) is 5.82 Å². The zero-order valence-electron chi connectivity index (χ0n) is 11.5. The molecule has 0 amide bonds. The van der Waals surface area contributed by atoms with Gasteiger partial charge in [0, 0.05) is 12.6 Å². The quantitative estimate of drug-likeness (QED) is 0.840. The van der Waals surface area contributed by atoms with Gasteiger partial charge in [0.25, 0.3) is 0 Å². The largest absolute Gasteiger partial charge is 0.481 e. The number of hydrogen-bond donors (Lipinski definition) is 1. The molecule has 106 valence electrons. The van der Waals surface area contributed by atoms with Gasteiger partial charge in [0.2, 0.25) is 0 Å². The van der Waals surface area contributed by atoms with E-state index in [1.165, 1.54) is 11.8 Å². The Kier molecular flexibility index (Phi) is 4.46. The van der Waals surface area contributed by atoms with Gasteiger partial charge in [-0.05, 0) is 32.9 Å². The van der Waals surface area contributed by atoms with Gasteiger partial charge in [-0.3, -0.25) is 4.79 Å². The number of likely N-dealkylation sites (tertiary alicyclic amines) is 1. The van der Waals surface area contributed by atoms with Crippen LogP contribution in [-0.2, 0) is 4.79 Å². The number of rotatable bonds is 4. The minimum atomic E-state index is -0.825. The number of carbonyl (C=O) groups is 1. The Bertz CT molecular complexity index is 463. The van der Waals surface area contributed by atoms with E-state index in [-0.39, 0.29) is 5.75 Å². The molecule has 1 aromatic rings. The van der Waals surface area contributed by atoms with Gasteiger partial charge in [-0.15, -0.1) is 10.2 Å². The zero-order valence-corrected chi connectivity index (χ0v) is 12.4. The molecular formula is C12H20N4O2S. The maximum absolute atomic E-state index is 10.7. The SMILES string of the molecule is Cc1nnc(SCC(=O)O)n1C1CCN(C)CC1C. The van der Waals surface area contributed by atoms with Crippen LogP contribution in [0, 0.1) is 12.8 Å². The molecule has 7 heteroatoms. The third-order valence-corrected chi connectivity index (χ3v) is 4.48. The van der Waals surface area contributed by atoms with Crippen molar-refractivity contribution >= 4 is 17.7 Å². The van der Waals surface area contributed by atoms with Gasteiger partial charge in [0.05, 0.1) is 5.75 Å². The Balaban J connectivity index is 2.18. The van der Waals surface area contributed by atoms with Gasteiger partial charge >= 0.3 is 5.97 Å². The van der Waals surface area contributed by atoms with E-state index in [1.807, 2.05) is 6.92 Å². The molecule has 1 N–H and O–H groups in total. The number of aromatic nitrogens is 3. The first-order valence-electron chi connectivity index (χ1n) is 6.43. The molecule has 6 nitrogen and oxygen atoms in total. The number of carboxylic acid groups (broad SMARTS) is 1. The minimum absolute atomic E-state index is 0.0269. The second kappa shape index (κ2) is 5.92. The first-order chi connectivity index (χ1) is 8.99. The summed E-state index contributed by atoms with van der Waals surface area (Å²) in [6.45, 7) is 6.26. The second-order valence-corrected chi connectivity index (χ2v) is 6.12. The molecule has 0 aliphatic carbocycles. The second-order valence-electron chi connectivity index (χ2n) is 5.18. The fraction of sp³-hybridized carbons (Fsp3) is 0.750. The fourth-order valence-corrected chi connectivity index (χ4v) is 3.44. The van der Waals surface area contributed by atoms with E-state index in [4.69, 9.17) is 5.11 Å². The average Bonchev–Trinajstić information content (AvgIpc) is 2.68. The van der Waals surface area contributed by atoms with E-state index in [0.29, 0.717) is 12.0 Å². The summed E-state index contributed by atoms with van der Waals surface area (Å²) in [6, 6.07) is 0.363. The van der Waals surface area contributed by atoms with Crippen molar-refractivity contribution in [3.05, 3.63) is 5.82 Å². The van der Waals surface area contributed by atoms with Crippen LogP contribution in [0.3, 0.4) is 0 Å². The smallest absolute Gasteiger partial charge is 0.313 e. The molecule has 2 unspecified atom stereocenters. The summed E-state index contributed by atoms with van der Waals surface area (Å²) >= 11 is 1.25. The lowest BCUT2D eigenvalue weighted by molar-refractivity contribution is -0.133. The third kappa shape index (κ3) is 3.27. The van der Waals surface area contributed by atoms with Crippen LogP contribution in [0.1, 0.15) is 25.2 Å². The number of nitrogens with zero attached hydrogens (tertiary/aromatic N) is 4. The molecule has 0 saturated carbocycles. The summed E-state index contributed by atoms with van der Waals surface area (Å²) in [7, 11) is 2.13. The zero-order chi connectivity index (χ0) is 14.0. The minimum Gasteiger partial charge on any atom is -0.481 e. The Hall–Kier alpha value is -1.08. The van der Waals surface area contributed by atoms with Gasteiger partial charge < -0.3 is 14.6 Å². The van der Waals surface area contributed by atoms with Gasteiger partial charge in [-0.2, -0.15) is 0 Å². The maximum atomic E-state index is 10.7. The van der Waals surface area contributed by atoms with Crippen molar-refractivity contribution in [2.75, 3.05) is 25.9 Å². The van der Waals surface area contributed by atoms with Crippen molar-refractivity contribution in [2.24, 2.45) is 5.92 Å². The van der Waals surface area contributed by atoms with E-state index in [2.05, 4.69) is 33.6 Å². The Labute approximate surface area is 117 Å². The lowest BCUT2D eigenvalue weighted by atomic mass is 9.94. The van der Waals surface area contributed by atoms with Crippen LogP contribution in [0.2, 0.25) is 0 Å². The molecule has 1 aliphatic heterocycles. The van der Waals surface area contributed by atoms with Gasteiger partial charge in [-0.25, -0.2) is 0 Å². The Morgan fingerprint density at radius 1 is 1.53 bits per heavy atom. The van der Waals surface area contributed by atoms with Crippen molar-refractivity contribution < 1.29 is 9.90 Å². The number of carboxylic acids is 1.